The lowest BCUT2D eigenvalue weighted by Gasteiger charge is -2.29. The van der Waals surface area contributed by atoms with Gasteiger partial charge in [-0.15, -0.1) is 24.0 Å². The highest BCUT2D eigenvalue weighted by molar-refractivity contribution is 14.0. The van der Waals surface area contributed by atoms with Crippen LogP contribution in [0.15, 0.2) is 4.99 Å². The lowest BCUT2D eigenvalue weighted by atomic mass is 10.0. The Labute approximate surface area is 182 Å². The first-order valence-electron chi connectivity index (χ1n) is 9.68. The predicted octanol–water partition coefficient (Wildman–Crippen LogP) is 3.37. The molecule has 0 aliphatic carbocycles. The van der Waals surface area contributed by atoms with Crippen LogP contribution in [0.1, 0.15) is 60.8 Å². The van der Waals surface area contributed by atoms with E-state index in [2.05, 4.69) is 22.5 Å². The Balaban J connectivity index is 0.00000676. The fourth-order valence-corrected chi connectivity index (χ4v) is 2.66. The number of carbonyl (C=O) groups is 1. The van der Waals surface area contributed by atoms with E-state index in [-0.39, 0.29) is 41.7 Å². The number of hydrogen-bond acceptors (Lipinski definition) is 4. The first-order chi connectivity index (χ1) is 12.1. The zero-order valence-electron chi connectivity index (χ0n) is 18.1. The van der Waals surface area contributed by atoms with Gasteiger partial charge in [0.05, 0.1) is 12.1 Å². The molecule has 2 N–H and O–H groups in total. The van der Waals surface area contributed by atoms with Gasteiger partial charge >= 0.3 is 6.09 Å². The molecule has 160 valence electrons. The van der Waals surface area contributed by atoms with Crippen LogP contribution in [0.4, 0.5) is 4.79 Å². The van der Waals surface area contributed by atoms with E-state index in [1.54, 1.807) is 11.9 Å². The highest BCUT2D eigenvalue weighted by Crippen LogP contribution is 2.25. The van der Waals surface area contributed by atoms with Crippen LogP contribution in [0, 0.1) is 0 Å². The molecule has 0 bridgehead atoms. The van der Waals surface area contributed by atoms with Crippen LogP contribution in [-0.4, -0.2) is 67.5 Å². The van der Waals surface area contributed by atoms with E-state index in [1.165, 1.54) is 0 Å². The van der Waals surface area contributed by atoms with Crippen molar-refractivity contribution in [3.05, 3.63) is 0 Å². The molecule has 1 fully saturated rings. The number of nitrogens with zero attached hydrogens (tertiary/aromatic N) is 2. The summed E-state index contributed by atoms with van der Waals surface area (Å²) in [5, 5.41) is 6.60. The van der Waals surface area contributed by atoms with Crippen LogP contribution >= 0.6 is 24.0 Å². The van der Waals surface area contributed by atoms with E-state index in [0.29, 0.717) is 6.54 Å². The van der Waals surface area contributed by atoms with Crippen molar-refractivity contribution >= 4 is 36.0 Å². The molecule has 1 saturated heterocycles. The smallest absolute Gasteiger partial charge is 0.410 e. The first kappa shape index (κ1) is 26.2. The summed E-state index contributed by atoms with van der Waals surface area (Å²) < 4.78 is 11.2. The van der Waals surface area contributed by atoms with E-state index in [1.807, 2.05) is 34.6 Å². The first-order valence-corrected chi connectivity index (χ1v) is 9.68. The molecule has 1 aliphatic heterocycles. The van der Waals surface area contributed by atoms with Crippen molar-refractivity contribution in [3.8, 4) is 0 Å². The number of nitrogens with one attached hydrogen (secondary N) is 2. The standard InChI is InChI=1S/C19H38N4O3.HI/c1-8-20-16(22-14-19(6)11-9-13-25-19)21-12-10-15(2)23(7)17(24)26-18(3,4)5;/h15H,8-14H2,1-7H3,(H2,20,21,22);1H. The van der Waals surface area contributed by atoms with Gasteiger partial charge in [0.2, 0.25) is 0 Å². The molecule has 7 nitrogen and oxygen atoms in total. The maximum absolute atomic E-state index is 12.1. The molecule has 1 rings (SSSR count). The van der Waals surface area contributed by atoms with Crippen LogP contribution in [0.25, 0.3) is 0 Å². The lowest BCUT2D eigenvalue weighted by molar-refractivity contribution is 0.0229. The molecule has 1 aliphatic rings. The van der Waals surface area contributed by atoms with Crippen molar-refractivity contribution in [2.45, 2.75) is 78.0 Å². The highest BCUT2D eigenvalue weighted by atomic mass is 127. The van der Waals surface area contributed by atoms with Crippen molar-refractivity contribution in [1.82, 2.24) is 15.5 Å². The fraction of sp³-hybridized carbons (Fsp3) is 0.895. The average molecular weight is 498 g/mol. The average Bonchev–Trinajstić information content (AvgIpc) is 2.97. The number of halogens is 1. The molecule has 0 saturated carbocycles. The third-order valence-electron chi connectivity index (χ3n) is 4.41. The molecule has 1 amide bonds. The second-order valence-electron chi connectivity index (χ2n) is 8.25. The zero-order chi connectivity index (χ0) is 19.8. The van der Waals surface area contributed by atoms with Crippen LogP contribution in [0.2, 0.25) is 0 Å². The number of guanidine groups is 1. The molecular formula is C19H39IN4O3. The molecule has 0 aromatic carbocycles. The summed E-state index contributed by atoms with van der Waals surface area (Å²) in [6.45, 7) is 14.8. The third-order valence-corrected chi connectivity index (χ3v) is 4.41. The summed E-state index contributed by atoms with van der Waals surface area (Å²) >= 11 is 0. The number of carbonyl (C=O) groups excluding carboxylic acids is 1. The van der Waals surface area contributed by atoms with E-state index >= 15 is 0 Å². The Bertz CT molecular complexity index is 474. The zero-order valence-corrected chi connectivity index (χ0v) is 20.4. The van der Waals surface area contributed by atoms with E-state index in [0.717, 1.165) is 44.9 Å². The van der Waals surface area contributed by atoms with E-state index in [9.17, 15) is 4.79 Å². The Hall–Kier alpha value is -0.770. The van der Waals surface area contributed by atoms with Gasteiger partial charge < -0.3 is 25.0 Å². The minimum absolute atomic E-state index is 0. The largest absolute Gasteiger partial charge is 0.444 e. The van der Waals surface area contributed by atoms with Crippen molar-refractivity contribution < 1.29 is 14.3 Å². The van der Waals surface area contributed by atoms with Crippen LogP contribution in [0.5, 0.6) is 0 Å². The third kappa shape index (κ3) is 10.4. The Kier molecular flexibility index (Phi) is 11.6. The maximum Gasteiger partial charge on any atom is 0.410 e. The molecule has 0 radical (unpaired) electrons. The van der Waals surface area contributed by atoms with Crippen molar-refractivity contribution in [2.75, 3.05) is 33.3 Å². The summed E-state index contributed by atoms with van der Waals surface area (Å²) in [5.41, 5.74) is -0.626. The summed E-state index contributed by atoms with van der Waals surface area (Å²) in [5.74, 6) is 0.788. The summed E-state index contributed by atoms with van der Waals surface area (Å²) in [4.78, 5) is 18.4. The van der Waals surface area contributed by atoms with Gasteiger partial charge in [0.1, 0.15) is 5.60 Å². The van der Waals surface area contributed by atoms with Crippen LogP contribution in [0.3, 0.4) is 0 Å². The van der Waals surface area contributed by atoms with Gasteiger partial charge in [-0.3, -0.25) is 4.99 Å². The Morgan fingerprint density at radius 1 is 1.37 bits per heavy atom. The Morgan fingerprint density at radius 3 is 2.56 bits per heavy atom. The Morgan fingerprint density at radius 2 is 2.04 bits per heavy atom. The number of rotatable bonds is 7. The SMILES string of the molecule is CCNC(=NCC1(C)CCCO1)NCCC(C)N(C)C(=O)OC(C)(C)C.I. The molecule has 8 heteroatoms. The lowest BCUT2D eigenvalue weighted by Crippen LogP contribution is -2.43. The molecule has 1 heterocycles. The highest BCUT2D eigenvalue weighted by Gasteiger charge is 2.29. The van der Waals surface area contributed by atoms with Gasteiger partial charge in [0.15, 0.2) is 5.96 Å². The molecule has 0 aromatic heterocycles. The van der Waals surface area contributed by atoms with E-state index < -0.39 is 5.60 Å². The molecule has 0 aromatic rings. The minimum Gasteiger partial charge on any atom is -0.444 e. The van der Waals surface area contributed by atoms with Gasteiger partial charge in [-0.1, -0.05) is 0 Å². The molecular weight excluding hydrogens is 459 g/mol. The monoisotopic (exact) mass is 498 g/mol. The summed E-state index contributed by atoms with van der Waals surface area (Å²) in [7, 11) is 1.77. The molecule has 2 atom stereocenters. The minimum atomic E-state index is -0.480. The second kappa shape index (κ2) is 11.9. The van der Waals surface area contributed by atoms with Crippen LogP contribution in [-0.2, 0) is 9.47 Å². The quantitative estimate of drug-likeness (QED) is 0.320. The maximum atomic E-state index is 12.1. The fourth-order valence-electron chi connectivity index (χ4n) is 2.66. The van der Waals surface area contributed by atoms with Crippen molar-refractivity contribution in [1.29, 1.82) is 0 Å². The molecule has 0 spiro atoms. The van der Waals surface area contributed by atoms with Gasteiger partial charge in [0.25, 0.3) is 0 Å². The van der Waals surface area contributed by atoms with Gasteiger partial charge in [-0.2, -0.15) is 0 Å². The second-order valence-corrected chi connectivity index (χ2v) is 8.25. The topological polar surface area (TPSA) is 75.2 Å². The molecule has 2 unspecified atom stereocenters. The number of ether oxygens (including phenoxy) is 2. The van der Waals surface area contributed by atoms with Crippen molar-refractivity contribution in [2.24, 2.45) is 4.99 Å². The summed E-state index contributed by atoms with van der Waals surface area (Å²) in [6.07, 6.45) is 2.66. The summed E-state index contributed by atoms with van der Waals surface area (Å²) in [6, 6.07) is 0.0657. The van der Waals surface area contributed by atoms with Crippen LogP contribution < -0.4 is 10.6 Å². The van der Waals surface area contributed by atoms with E-state index in [4.69, 9.17) is 9.47 Å². The number of aliphatic imine (C=N–C) groups is 1. The van der Waals surface area contributed by atoms with Gasteiger partial charge in [-0.25, -0.2) is 4.79 Å². The predicted molar refractivity (Wildman–Crippen MR) is 121 cm³/mol. The molecule has 27 heavy (non-hydrogen) atoms. The van der Waals surface area contributed by atoms with Gasteiger partial charge in [-0.05, 0) is 60.8 Å². The van der Waals surface area contributed by atoms with Crippen molar-refractivity contribution in [3.63, 3.8) is 0 Å². The number of hydrogen-bond donors (Lipinski definition) is 2. The van der Waals surface area contributed by atoms with Gasteiger partial charge in [0, 0.05) is 32.8 Å². The number of amides is 1. The normalized spacial score (nSPS) is 21.2.